The largest absolute Gasteiger partial charge is 0.424 e. The van der Waals surface area contributed by atoms with Crippen LogP contribution in [0.2, 0.25) is 0 Å². The zero-order valence-electron chi connectivity index (χ0n) is 10.9. The molecule has 8 heteroatoms. The number of fused-ring (bicyclic) bond motifs is 1. The summed E-state index contributed by atoms with van der Waals surface area (Å²) in [6.07, 6.45) is 1.29. The maximum Gasteiger partial charge on any atom is 0.349 e. The number of benzene rings is 1. The molecule has 106 valence electrons. The third-order valence-corrected chi connectivity index (χ3v) is 3.94. The van der Waals surface area contributed by atoms with Crippen LogP contribution in [0, 0.1) is 0 Å². The first-order valence-electron chi connectivity index (χ1n) is 5.98. The second-order valence-corrected chi connectivity index (χ2v) is 5.31. The molecule has 0 atom stereocenters. The fourth-order valence-electron chi connectivity index (χ4n) is 1.89. The third kappa shape index (κ3) is 2.19. The Bertz CT molecular complexity index is 934. The summed E-state index contributed by atoms with van der Waals surface area (Å²) in [4.78, 5) is 32.3. The highest BCUT2D eigenvalue weighted by Crippen LogP contribution is 2.29. The van der Waals surface area contributed by atoms with Crippen LogP contribution in [-0.4, -0.2) is 24.5 Å². The van der Waals surface area contributed by atoms with E-state index in [4.69, 9.17) is 0 Å². The van der Waals surface area contributed by atoms with Crippen molar-refractivity contribution in [1.82, 2.24) is 19.3 Å². The summed E-state index contributed by atoms with van der Waals surface area (Å²) in [5, 5.41) is 10.3. The molecule has 0 radical (unpaired) electrons. The topological polar surface area (TPSA) is 90.0 Å². The minimum Gasteiger partial charge on any atom is -0.424 e. The maximum absolute atomic E-state index is 11.7. The molecule has 21 heavy (non-hydrogen) atoms. The Kier molecular flexibility index (Phi) is 3.22. The van der Waals surface area contributed by atoms with Crippen LogP contribution in [-0.2, 0) is 7.05 Å². The summed E-state index contributed by atoms with van der Waals surface area (Å²) in [5.74, 6) is 0. The van der Waals surface area contributed by atoms with E-state index in [1.165, 1.54) is 25.1 Å². The van der Waals surface area contributed by atoms with Crippen LogP contribution in [0.1, 0.15) is 0 Å². The number of aromatic nitrogens is 4. The van der Waals surface area contributed by atoms with E-state index < -0.39 is 11.1 Å². The van der Waals surface area contributed by atoms with Crippen molar-refractivity contribution < 1.29 is 5.21 Å². The molecule has 2 heterocycles. The van der Waals surface area contributed by atoms with Gasteiger partial charge >= 0.3 is 11.1 Å². The molecule has 0 saturated carbocycles. The Hall–Kier alpha value is -2.61. The van der Waals surface area contributed by atoms with Crippen molar-refractivity contribution in [3.63, 3.8) is 0 Å². The lowest BCUT2D eigenvalue weighted by molar-refractivity contribution is 0.184. The summed E-state index contributed by atoms with van der Waals surface area (Å²) in [5.41, 5.74) is -1.58. The molecule has 1 N–H and O–H groups in total. The van der Waals surface area contributed by atoms with Crippen molar-refractivity contribution in [2.75, 3.05) is 0 Å². The van der Waals surface area contributed by atoms with E-state index >= 15 is 0 Å². The van der Waals surface area contributed by atoms with Gasteiger partial charge in [0.25, 0.3) is 0 Å². The number of hydrogen-bond donors (Lipinski definition) is 1. The Labute approximate surface area is 122 Å². The summed E-state index contributed by atoms with van der Waals surface area (Å²) < 4.78 is 1.41. The van der Waals surface area contributed by atoms with Gasteiger partial charge in [-0.2, -0.15) is 0 Å². The van der Waals surface area contributed by atoms with Crippen LogP contribution in [0.4, 0.5) is 0 Å². The molecule has 0 fully saturated rings. The number of hydrogen-bond acceptors (Lipinski definition) is 6. The quantitative estimate of drug-likeness (QED) is 0.429. The lowest BCUT2D eigenvalue weighted by Gasteiger charge is -2.09. The van der Waals surface area contributed by atoms with Gasteiger partial charge in [0.2, 0.25) is 0 Å². The van der Waals surface area contributed by atoms with Gasteiger partial charge in [0, 0.05) is 11.9 Å². The van der Waals surface area contributed by atoms with Crippen LogP contribution in [0.15, 0.2) is 56.2 Å². The van der Waals surface area contributed by atoms with Gasteiger partial charge in [-0.05, 0) is 12.1 Å². The van der Waals surface area contributed by atoms with Crippen molar-refractivity contribution in [2.24, 2.45) is 7.05 Å². The van der Waals surface area contributed by atoms with Crippen molar-refractivity contribution in [1.29, 1.82) is 0 Å². The van der Waals surface area contributed by atoms with E-state index in [1.54, 1.807) is 0 Å². The predicted molar refractivity (Wildman–Crippen MR) is 76.8 cm³/mol. The molecule has 0 spiro atoms. The average Bonchev–Trinajstić information content (AvgIpc) is 2.51. The Morgan fingerprint density at radius 2 is 1.81 bits per heavy atom. The van der Waals surface area contributed by atoms with Crippen molar-refractivity contribution in [3.05, 3.63) is 57.4 Å². The lowest BCUT2D eigenvalue weighted by Crippen LogP contribution is -2.40. The standard InChI is InChI=1S/C13H10N4O3S/c1-16-10-9(17(20)13(19)12(16)18)11(15-7-14-10)21-8-5-3-2-4-6-8/h2-7,20H,1H3. The van der Waals surface area contributed by atoms with Gasteiger partial charge in [0.05, 0.1) is 0 Å². The first kappa shape index (κ1) is 13.4. The first-order valence-corrected chi connectivity index (χ1v) is 6.80. The van der Waals surface area contributed by atoms with Gasteiger partial charge < -0.3 is 5.21 Å². The monoisotopic (exact) mass is 302 g/mol. The van der Waals surface area contributed by atoms with Crippen LogP contribution < -0.4 is 11.1 Å². The van der Waals surface area contributed by atoms with Crippen LogP contribution in [0.25, 0.3) is 11.2 Å². The summed E-state index contributed by atoms with van der Waals surface area (Å²) >= 11 is 1.27. The van der Waals surface area contributed by atoms with Crippen molar-refractivity contribution in [3.8, 4) is 0 Å². The number of rotatable bonds is 2. The first-order chi connectivity index (χ1) is 10.1. The van der Waals surface area contributed by atoms with Gasteiger partial charge in [0.15, 0.2) is 11.2 Å². The van der Waals surface area contributed by atoms with Gasteiger partial charge in [-0.15, -0.1) is 4.73 Å². The molecule has 2 aromatic heterocycles. The molecular weight excluding hydrogens is 292 g/mol. The molecule has 0 amide bonds. The highest BCUT2D eigenvalue weighted by Gasteiger charge is 2.16. The van der Waals surface area contributed by atoms with E-state index in [2.05, 4.69) is 9.97 Å². The number of aryl methyl sites for hydroxylation is 1. The Balaban J connectivity index is 2.30. The average molecular weight is 302 g/mol. The normalized spacial score (nSPS) is 10.9. The molecule has 0 bridgehead atoms. The minimum atomic E-state index is -1.03. The molecule has 0 saturated heterocycles. The zero-order chi connectivity index (χ0) is 15.0. The molecule has 1 aromatic carbocycles. The smallest absolute Gasteiger partial charge is 0.349 e. The van der Waals surface area contributed by atoms with E-state index in [-0.39, 0.29) is 11.2 Å². The van der Waals surface area contributed by atoms with Crippen molar-refractivity contribution >= 4 is 22.9 Å². The molecule has 0 aliphatic rings. The van der Waals surface area contributed by atoms with E-state index in [0.717, 1.165) is 9.46 Å². The van der Waals surface area contributed by atoms with E-state index in [1.807, 2.05) is 30.3 Å². The van der Waals surface area contributed by atoms with Crippen LogP contribution in [0.3, 0.4) is 0 Å². The number of nitrogens with zero attached hydrogens (tertiary/aromatic N) is 4. The lowest BCUT2D eigenvalue weighted by atomic mass is 10.4. The SMILES string of the molecule is Cn1c(=O)c(=O)n(O)c2c(Sc3ccccc3)ncnc21. The summed E-state index contributed by atoms with van der Waals surface area (Å²) in [6, 6.07) is 9.37. The fraction of sp³-hybridized carbons (Fsp3) is 0.0769. The molecule has 3 rings (SSSR count). The van der Waals surface area contributed by atoms with E-state index in [9.17, 15) is 14.8 Å². The minimum absolute atomic E-state index is 0.110. The summed E-state index contributed by atoms with van der Waals surface area (Å²) in [7, 11) is 1.43. The highest BCUT2D eigenvalue weighted by molar-refractivity contribution is 7.99. The molecule has 0 unspecified atom stereocenters. The molecule has 7 nitrogen and oxygen atoms in total. The van der Waals surface area contributed by atoms with Gasteiger partial charge in [-0.1, -0.05) is 30.0 Å². The van der Waals surface area contributed by atoms with Gasteiger partial charge in [-0.25, -0.2) is 9.97 Å². The zero-order valence-corrected chi connectivity index (χ0v) is 11.7. The fourth-order valence-corrected chi connectivity index (χ4v) is 2.78. The molecule has 0 aliphatic carbocycles. The van der Waals surface area contributed by atoms with Gasteiger partial charge in [-0.3, -0.25) is 14.2 Å². The second-order valence-electron chi connectivity index (χ2n) is 4.25. The van der Waals surface area contributed by atoms with Crippen LogP contribution >= 0.6 is 11.8 Å². The highest BCUT2D eigenvalue weighted by atomic mass is 32.2. The summed E-state index contributed by atoms with van der Waals surface area (Å²) in [6.45, 7) is 0. The molecule has 3 aromatic rings. The van der Waals surface area contributed by atoms with E-state index in [0.29, 0.717) is 9.76 Å². The molecular formula is C13H10N4O3S. The Morgan fingerprint density at radius 3 is 2.52 bits per heavy atom. The Morgan fingerprint density at radius 1 is 1.10 bits per heavy atom. The second kappa shape index (κ2) is 5.06. The van der Waals surface area contributed by atoms with Crippen LogP contribution in [0.5, 0.6) is 0 Å². The molecule has 0 aliphatic heterocycles. The van der Waals surface area contributed by atoms with Gasteiger partial charge in [0.1, 0.15) is 11.4 Å². The van der Waals surface area contributed by atoms with Crippen molar-refractivity contribution in [2.45, 2.75) is 9.92 Å². The third-order valence-electron chi connectivity index (χ3n) is 2.94. The predicted octanol–water partition coefficient (Wildman–Crippen LogP) is 0.879. The maximum atomic E-state index is 11.7.